The molecule has 0 bridgehead atoms. The molecule has 2 saturated heterocycles. The van der Waals surface area contributed by atoms with Crippen LogP contribution in [0.15, 0.2) is 10.7 Å². The molecule has 0 aromatic carbocycles. The van der Waals surface area contributed by atoms with Crippen LogP contribution in [0.4, 0.5) is 6.01 Å². The molecule has 23 heavy (non-hydrogen) atoms. The number of nitrogens with zero attached hydrogens (tertiary/aromatic N) is 2. The second kappa shape index (κ2) is 7.42. The van der Waals surface area contributed by atoms with Crippen molar-refractivity contribution >= 4 is 11.9 Å². The van der Waals surface area contributed by atoms with Gasteiger partial charge in [0.05, 0.1) is 25.0 Å². The van der Waals surface area contributed by atoms with Gasteiger partial charge in [0, 0.05) is 19.6 Å². The van der Waals surface area contributed by atoms with E-state index in [-0.39, 0.29) is 23.9 Å². The molecule has 3 rings (SSSR count). The smallest absolute Gasteiger partial charge is 0.301 e. The maximum absolute atomic E-state index is 12.3. The van der Waals surface area contributed by atoms with Crippen molar-refractivity contribution in [1.82, 2.24) is 9.88 Å². The molecule has 2 atom stereocenters. The maximum Gasteiger partial charge on any atom is 0.301 e. The van der Waals surface area contributed by atoms with Crippen LogP contribution in [-0.4, -0.2) is 60.8 Å². The Morgan fingerprint density at radius 2 is 2.17 bits per heavy atom. The molecule has 128 valence electrons. The molecule has 7 heteroatoms. The minimum atomic E-state index is -0.421. The number of anilines is 1. The number of amides is 1. The number of aromatic nitrogens is 1. The highest BCUT2D eigenvalue weighted by Gasteiger charge is 2.32. The Kier molecular flexibility index (Phi) is 5.30. The van der Waals surface area contributed by atoms with E-state index in [1.807, 2.05) is 13.8 Å². The number of morpholine rings is 1. The van der Waals surface area contributed by atoms with Gasteiger partial charge in [-0.25, -0.2) is 0 Å². The predicted octanol–water partition coefficient (Wildman–Crippen LogP) is 1.62. The van der Waals surface area contributed by atoms with Gasteiger partial charge in [0.2, 0.25) is 0 Å². The van der Waals surface area contributed by atoms with E-state index in [1.54, 1.807) is 6.26 Å². The number of hydrogen-bond acceptors (Lipinski definition) is 6. The van der Waals surface area contributed by atoms with Gasteiger partial charge in [-0.05, 0) is 18.8 Å². The van der Waals surface area contributed by atoms with Crippen LogP contribution < -0.4 is 5.32 Å². The Morgan fingerprint density at radius 1 is 1.39 bits per heavy atom. The van der Waals surface area contributed by atoms with Crippen LogP contribution in [-0.2, 0) is 14.3 Å². The van der Waals surface area contributed by atoms with Crippen molar-refractivity contribution in [1.29, 1.82) is 0 Å². The number of carbonyl (C=O) groups is 1. The van der Waals surface area contributed by atoms with Crippen LogP contribution in [0.5, 0.6) is 0 Å². The molecule has 1 aromatic rings. The van der Waals surface area contributed by atoms with Crippen molar-refractivity contribution in [3.8, 4) is 0 Å². The fourth-order valence-corrected chi connectivity index (χ4v) is 2.90. The normalized spacial score (nSPS) is 25.9. The third kappa shape index (κ3) is 4.31. The summed E-state index contributed by atoms with van der Waals surface area (Å²) in [5.74, 6) is 0.0941. The summed E-state index contributed by atoms with van der Waals surface area (Å²) in [6.07, 6.45) is 2.91. The van der Waals surface area contributed by atoms with Gasteiger partial charge in [-0.2, -0.15) is 4.98 Å². The standard InChI is InChI=1S/C16H25N3O4/c1-11(2)13-10-22-16(17-13)18-15(20)14-4-3-12(23-14)9-19-5-7-21-8-6-19/h10-12,14H,3-9H2,1-2H3,(H,17,18,20)/t12-,14+/m1/s1. The molecule has 0 spiro atoms. The van der Waals surface area contributed by atoms with E-state index >= 15 is 0 Å². The van der Waals surface area contributed by atoms with Gasteiger partial charge in [0.15, 0.2) is 0 Å². The van der Waals surface area contributed by atoms with Gasteiger partial charge in [-0.3, -0.25) is 15.0 Å². The minimum absolute atomic E-state index is 0.111. The van der Waals surface area contributed by atoms with Crippen molar-refractivity contribution in [2.45, 2.75) is 44.8 Å². The summed E-state index contributed by atoms with van der Waals surface area (Å²) in [5, 5.41) is 2.71. The van der Waals surface area contributed by atoms with Crippen LogP contribution in [0.25, 0.3) is 0 Å². The number of carbonyl (C=O) groups excluding carboxylic acids is 1. The third-order valence-corrected chi connectivity index (χ3v) is 4.31. The van der Waals surface area contributed by atoms with Crippen molar-refractivity contribution < 1.29 is 18.7 Å². The lowest BCUT2D eigenvalue weighted by atomic mass is 10.2. The Hall–Kier alpha value is -1.44. The number of nitrogens with one attached hydrogen (secondary N) is 1. The molecule has 0 unspecified atom stereocenters. The second-order valence-corrected chi connectivity index (χ2v) is 6.46. The first kappa shape index (κ1) is 16.4. The van der Waals surface area contributed by atoms with Crippen LogP contribution in [0, 0.1) is 0 Å². The van der Waals surface area contributed by atoms with Gasteiger partial charge in [0.1, 0.15) is 12.4 Å². The topological polar surface area (TPSA) is 76.8 Å². The molecule has 1 amide bonds. The summed E-state index contributed by atoms with van der Waals surface area (Å²) in [6.45, 7) is 8.34. The molecule has 3 heterocycles. The number of oxazole rings is 1. The molecule has 0 radical (unpaired) electrons. The summed E-state index contributed by atoms with van der Waals surface area (Å²) < 4.78 is 16.5. The fourth-order valence-electron chi connectivity index (χ4n) is 2.90. The Labute approximate surface area is 136 Å². The lowest BCUT2D eigenvalue weighted by molar-refractivity contribution is -0.127. The summed E-state index contributed by atoms with van der Waals surface area (Å²) in [6, 6.07) is 0.249. The highest BCUT2D eigenvalue weighted by atomic mass is 16.5. The number of hydrogen-bond donors (Lipinski definition) is 1. The van der Waals surface area contributed by atoms with Crippen molar-refractivity contribution in [2.24, 2.45) is 0 Å². The van der Waals surface area contributed by atoms with Gasteiger partial charge in [0.25, 0.3) is 5.91 Å². The van der Waals surface area contributed by atoms with E-state index in [9.17, 15) is 4.79 Å². The van der Waals surface area contributed by atoms with Crippen LogP contribution in [0.1, 0.15) is 38.3 Å². The Bertz CT molecular complexity index is 525. The summed E-state index contributed by atoms with van der Waals surface area (Å²) in [4.78, 5) is 18.9. The number of ether oxygens (including phenoxy) is 2. The zero-order valence-electron chi connectivity index (χ0n) is 13.8. The van der Waals surface area contributed by atoms with Gasteiger partial charge in [-0.15, -0.1) is 0 Å². The zero-order valence-corrected chi connectivity index (χ0v) is 13.8. The first-order valence-electron chi connectivity index (χ1n) is 8.33. The van der Waals surface area contributed by atoms with Gasteiger partial charge < -0.3 is 13.9 Å². The Morgan fingerprint density at radius 3 is 2.87 bits per heavy atom. The van der Waals surface area contributed by atoms with Gasteiger partial charge in [-0.1, -0.05) is 13.8 Å². The summed E-state index contributed by atoms with van der Waals surface area (Å²) >= 11 is 0. The van der Waals surface area contributed by atoms with E-state index < -0.39 is 6.10 Å². The summed E-state index contributed by atoms with van der Waals surface area (Å²) in [7, 11) is 0. The Balaban J connectivity index is 1.46. The quantitative estimate of drug-likeness (QED) is 0.887. The highest BCUT2D eigenvalue weighted by Crippen LogP contribution is 2.23. The van der Waals surface area contributed by atoms with E-state index in [2.05, 4.69) is 15.2 Å². The minimum Gasteiger partial charge on any atom is -0.432 e. The first-order chi connectivity index (χ1) is 11.1. The molecular formula is C16H25N3O4. The molecule has 0 saturated carbocycles. The largest absolute Gasteiger partial charge is 0.432 e. The highest BCUT2D eigenvalue weighted by molar-refractivity contribution is 5.92. The fraction of sp³-hybridized carbons (Fsp3) is 0.750. The van der Waals surface area contributed by atoms with Crippen molar-refractivity contribution in [2.75, 3.05) is 38.2 Å². The molecule has 2 aliphatic rings. The van der Waals surface area contributed by atoms with E-state index in [0.29, 0.717) is 0 Å². The molecule has 2 fully saturated rings. The van der Waals surface area contributed by atoms with Crippen molar-refractivity contribution in [3.05, 3.63) is 12.0 Å². The van der Waals surface area contributed by atoms with E-state index in [4.69, 9.17) is 13.9 Å². The third-order valence-electron chi connectivity index (χ3n) is 4.31. The van der Waals surface area contributed by atoms with Crippen molar-refractivity contribution in [3.63, 3.8) is 0 Å². The van der Waals surface area contributed by atoms with E-state index in [1.165, 1.54) is 0 Å². The first-order valence-corrected chi connectivity index (χ1v) is 8.33. The average molecular weight is 323 g/mol. The van der Waals surface area contributed by atoms with Crippen LogP contribution >= 0.6 is 0 Å². The molecular weight excluding hydrogens is 298 g/mol. The second-order valence-electron chi connectivity index (χ2n) is 6.46. The zero-order chi connectivity index (χ0) is 16.2. The molecule has 7 nitrogen and oxygen atoms in total. The predicted molar refractivity (Wildman–Crippen MR) is 84.4 cm³/mol. The molecule has 0 aliphatic carbocycles. The molecule has 1 N–H and O–H groups in total. The maximum atomic E-state index is 12.3. The monoisotopic (exact) mass is 323 g/mol. The van der Waals surface area contributed by atoms with Crippen LogP contribution in [0.2, 0.25) is 0 Å². The summed E-state index contributed by atoms with van der Waals surface area (Å²) in [5.41, 5.74) is 0.831. The number of rotatable bonds is 5. The SMILES string of the molecule is CC(C)c1coc(NC(=O)[C@@H]2CC[C@H](CN3CCOCC3)O2)n1. The molecule has 2 aliphatic heterocycles. The van der Waals surface area contributed by atoms with E-state index in [0.717, 1.165) is 51.4 Å². The lowest BCUT2D eigenvalue weighted by Crippen LogP contribution is -2.41. The van der Waals surface area contributed by atoms with Gasteiger partial charge >= 0.3 is 6.01 Å². The lowest BCUT2D eigenvalue weighted by Gasteiger charge is -2.28. The van der Waals surface area contributed by atoms with Crippen LogP contribution in [0.3, 0.4) is 0 Å². The molecule has 1 aromatic heterocycles. The average Bonchev–Trinajstić information content (AvgIpc) is 3.18.